The van der Waals surface area contributed by atoms with Crippen LogP contribution in [0.5, 0.6) is 0 Å². The van der Waals surface area contributed by atoms with Gasteiger partial charge in [-0.3, -0.25) is 4.90 Å². The highest BCUT2D eigenvalue weighted by molar-refractivity contribution is 4.91. The minimum Gasteiger partial charge on any atom is -0.383 e. The Labute approximate surface area is 119 Å². The van der Waals surface area contributed by atoms with Gasteiger partial charge in [0.25, 0.3) is 0 Å². The average molecular weight is 268 g/mol. The number of rotatable bonds is 8. The van der Waals surface area contributed by atoms with Crippen molar-refractivity contribution in [1.82, 2.24) is 10.2 Å². The van der Waals surface area contributed by atoms with Crippen LogP contribution in [0.15, 0.2) is 0 Å². The second-order valence-electron chi connectivity index (χ2n) is 7.05. The average Bonchev–Trinajstić information content (AvgIpc) is 2.96. The first kappa shape index (κ1) is 15.3. The second kappa shape index (κ2) is 7.05. The first-order chi connectivity index (χ1) is 9.10. The number of nitrogens with one attached hydrogen (secondary N) is 1. The van der Waals surface area contributed by atoms with E-state index in [9.17, 15) is 0 Å². The molecule has 4 atom stereocenters. The molecule has 0 radical (unpaired) electrons. The number of ether oxygens (including phenoxy) is 1. The third-order valence-electron chi connectivity index (χ3n) is 5.15. The molecule has 2 bridgehead atoms. The third-order valence-corrected chi connectivity index (χ3v) is 5.15. The Morgan fingerprint density at radius 1 is 1.26 bits per heavy atom. The highest BCUT2D eigenvalue weighted by Crippen LogP contribution is 2.48. The number of nitrogens with zero attached hydrogens (tertiary/aromatic N) is 1. The highest BCUT2D eigenvalue weighted by Gasteiger charge is 2.40. The van der Waals surface area contributed by atoms with Gasteiger partial charge in [-0.2, -0.15) is 0 Å². The maximum atomic E-state index is 5.40. The van der Waals surface area contributed by atoms with E-state index in [1.165, 1.54) is 32.2 Å². The van der Waals surface area contributed by atoms with Crippen LogP contribution in [0.25, 0.3) is 0 Å². The summed E-state index contributed by atoms with van der Waals surface area (Å²) >= 11 is 0. The summed E-state index contributed by atoms with van der Waals surface area (Å²) in [5.74, 6) is 3.02. The van der Waals surface area contributed by atoms with Gasteiger partial charge in [0.2, 0.25) is 0 Å². The third kappa shape index (κ3) is 4.17. The SMILES string of the molecule is COCC(CNC(C)C)N(C)CC1CC2CCC1C2. The number of hydrogen-bond donors (Lipinski definition) is 1. The predicted octanol–water partition coefficient (Wildman–Crippen LogP) is 2.37. The number of methoxy groups -OCH3 is 1. The summed E-state index contributed by atoms with van der Waals surface area (Å²) < 4.78 is 5.40. The molecule has 1 N–H and O–H groups in total. The van der Waals surface area contributed by atoms with Gasteiger partial charge in [-0.1, -0.05) is 20.3 Å². The van der Waals surface area contributed by atoms with Gasteiger partial charge in [-0.05, 0) is 44.1 Å². The summed E-state index contributed by atoms with van der Waals surface area (Å²) in [7, 11) is 4.09. The first-order valence-corrected chi connectivity index (χ1v) is 8.02. The lowest BCUT2D eigenvalue weighted by Crippen LogP contribution is -2.46. The largest absolute Gasteiger partial charge is 0.383 e. The fourth-order valence-electron chi connectivity index (χ4n) is 4.03. The molecule has 0 amide bonds. The molecule has 0 aromatic rings. The minimum absolute atomic E-state index is 0.506. The van der Waals surface area contributed by atoms with Crippen LogP contribution in [0.2, 0.25) is 0 Å². The molecule has 0 aromatic carbocycles. The molecule has 3 nitrogen and oxygen atoms in total. The van der Waals surface area contributed by atoms with E-state index in [1.807, 2.05) is 7.11 Å². The lowest BCUT2D eigenvalue weighted by molar-refractivity contribution is 0.0866. The molecular formula is C16H32N2O. The van der Waals surface area contributed by atoms with Crippen molar-refractivity contribution in [3.8, 4) is 0 Å². The molecule has 4 unspecified atom stereocenters. The molecule has 2 aliphatic rings. The van der Waals surface area contributed by atoms with E-state index in [1.54, 1.807) is 0 Å². The van der Waals surface area contributed by atoms with Crippen molar-refractivity contribution in [1.29, 1.82) is 0 Å². The van der Waals surface area contributed by atoms with Crippen LogP contribution >= 0.6 is 0 Å². The van der Waals surface area contributed by atoms with Crippen molar-refractivity contribution < 1.29 is 4.74 Å². The fraction of sp³-hybridized carbons (Fsp3) is 1.00. The predicted molar refractivity (Wildman–Crippen MR) is 80.4 cm³/mol. The number of likely N-dealkylation sites (N-methyl/N-ethyl adjacent to an activating group) is 1. The van der Waals surface area contributed by atoms with Crippen LogP contribution in [0, 0.1) is 17.8 Å². The summed E-state index contributed by atoms with van der Waals surface area (Å²) in [6.45, 7) is 7.54. The molecule has 2 fully saturated rings. The molecule has 0 saturated heterocycles. The van der Waals surface area contributed by atoms with Crippen LogP contribution in [0.4, 0.5) is 0 Å². The van der Waals surface area contributed by atoms with Gasteiger partial charge in [-0.25, -0.2) is 0 Å². The molecule has 0 heterocycles. The Kier molecular flexibility index (Phi) is 5.67. The van der Waals surface area contributed by atoms with Crippen molar-refractivity contribution in [3.63, 3.8) is 0 Å². The highest BCUT2D eigenvalue weighted by atomic mass is 16.5. The van der Waals surface area contributed by atoms with E-state index in [4.69, 9.17) is 4.74 Å². The lowest BCUT2D eigenvalue weighted by Gasteiger charge is -2.33. The zero-order valence-electron chi connectivity index (χ0n) is 13.2. The zero-order chi connectivity index (χ0) is 13.8. The maximum Gasteiger partial charge on any atom is 0.0630 e. The van der Waals surface area contributed by atoms with E-state index in [-0.39, 0.29) is 0 Å². The fourth-order valence-corrected chi connectivity index (χ4v) is 4.03. The number of fused-ring (bicyclic) bond motifs is 2. The van der Waals surface area contributed by atoms with Gasteiger partial charge in [0.05, 0.1) is 6.61 Å². The molecule has 2 rings (SSSR count). The van der Waals surface area contributed by atoms with E-state index in [0.717, 1.165) is 30.9 Å². The summed E-state index contributed by atoms with van der Waals surface area (Å²) in [6, 6.07) is 1.06. The monoisotopic (exact) mass is 268 g/mol. The first-order valence-electron chi connectivity index (χ1n) is 8.02. The lowest BCUT2D eigenvalue weighted by atomic mass is 9.88. The quantitative estimate of drug-likeness (QED) is 0.731. The molecule has 0 aliphatic heterocycles. The van der Waals surface area contributed by atoms with E-state index in [2.05, 4.69) is 31.1 Å². The van der Waals surface area contributed by atoms with Crippen LogP contribution in [-0.2, 0) is 4.74 Å². The molecule has 0 spiro atoms. The molecule has 2 saturated carbocycles. The molecule has 0 aromatic heterocycles. The topological polar surface area (TPSA) is 24.5 Å². The second-order valence-corrected chi connectivity index (χ2v) is 7.05. The van der Waals surface area contributed by atoms with Gasteiger partial charge in [0, 0.05) is 32.3 Å². The molecular weight excluding hydrogens is 236 g/mol. The van der Waals surface area contributed by atoms with Crippen molar-refractivity contribution in [2.75, 3.05) is 33.9 Å². The molecule has 112 valence electrons. The van der Waals surface area contributed by atoms with Crippen LogP contribution in [-0.4, -0.2) is 50.8 Å². The normalized spacial score (nSPS) is 31.6. The summed E-state index contributed by atoms with van der Waals surface area (Å²) in [5.41, 5.74) is 0. The molecule has 2 aliphatic carbocycles. The van der Waals surface area contributed by atoms with E-state index in [0.29, 0.717) is 12.1 Å². The standard InChI is InChI=1S/C16H32N2O/c1-12(2)17-9-16(11-19-4)18(3)10-15-8-13-5-6-14(15)7-13/h12-17H,5-11H2,1-4H3. The van der Waals surface area contributed by atoms with Crippen LogP contribution in [0.1, 0.15) is 39.5 Å². The maximum absolute atomic E-state index is 5.40. The van der Waals surface area contributed by atoms with Crippen molar-refractivity contribution in [2.45, 2.75) is 51.6 Å². The van der Waals surface area contributed by atoms with Gasteiger partial charge in [0.1, 0.15) is 0 Å². The summed E-state index contributed by atoms with van der Waals surface area (Å²) in [5, 5.41) is 3.55. The summed E-state index contributed by atoms with van der Waals surface area (Å²) in [4.78, 5) is 2.53. The van der Waals surface area contributed by atoms with Crippen LogP contribution < -0.4 is 5.32 Å². The van der Waals surface area contributed by atoms with Gasteiger partial charge >= 0.3 is 0 Å². The molecule has 3 heteroatoms. The smallest absolute Gasteiger partial charge is 0.0630 e. The van der Waals surface area contributed by atoms with E-state index < -0.39 is 0 Å². The Balaban J connectivity index is 1.79. The van der Waals surface area contributed by atoms with Crippen molar-refractivity contribution in [3.05, 3.63) is 0 Å². The Morgan fingerprint density at radius 3 is 2.58 bits per heavy atom. The van der Waals surface area contributed by atoms with Crippen molar-refractivity contribution >= 4 is 0 Å². The number of hydrogen-bond acceptors (Lipinski definition) is 3. The van der Waals surface area contributed by atoms with Crippen molar-refractivity contribution in [2.24, 2.45) is 17.8 Å². The zero-order valence-corrected chi connectivity index (χ0v) is 13.2. The van der Waals surface area contributed by atoms with E-state index >= 15 is 0 Å². The minimum atomic E-state index is 0.506. The van der Waals surface area contributed by atoms with Crippen LogP contribution in [0.3, 0.4) is 0 Å². The molecule has 19 heavy (non-hydrogen) atoms. The summed E-state index contributed by atoms with van der Waals surface area (Å²) in [6.07, 6.45) is 5.98. The van der Waals surface area contributed by atoms with Gasteiger partial charge < -0.3 is 10.1 Å². The van der Waals surface area contributed by atoms with Gasteiger partial charge in [-0.15, -0.1) is 0 Å². The Hall–Kier alpha value is -0.120. The Bertz CT molecular complexity index is 269. The Morgan fingerprint density at radius 2 is 2.05 bits per heavy atom. The van der Waals surface area contributed by atoms with Gasteiger partial charge in [0.15, 0.2) is 0 Å².